The fourth-order valence-corrected chi connectivity index (χ4v) is 1.70. The third-order valence-corrected chi connectivity index (χ3v) is 2.43. The molecule has 0 aliphatic carbocycles. The van der Waals surface area contributed by atoms with Crippen molar-refractivity contribution in [3.05, 3.63) is 0 Å². The van der Waals surface area contributed by atoms with Gasteiger partial charge in [0.05, 0.1) is 12.6 Å². The van der Waals surface area contributed by atoms with Crippen LogP contribution in [0.15, 0.2) is 0 Å². The van der Waals surface area contributed by atoms with Gasteiger partial charge in [0.15, 0.2) is 0 Å². The Morgan fingerprint density at radius 3 is 2.79 bits per heavy atom. The molecule has 1 atom stereocenters. The summed E-state index contributed by atoms with van der Waals surface area (Å²) in [6.45, 7) is 5.82. The molecule has 1 amide bonds. The van der Waals surface area contributed by atoms with Gasteiger partial charge in [0, 0.05) is 19.1 Å². The van der Waals surface area contributed by atoms with Gasteiger partial charge in [0.1, 0.15) is 0 Å². The van der Waals surface area contributed by atoms with Gasteiger partial charge in [0.2, 0.25) is 5.91 Å². The molecule has 1 saturated heterocycles. The lowest BCUT2D eigenvalue weighted by Gasteiger charge is -2.35. The summed E-state index contributed by atoms with van der Waals surface area (Å²) in [4.78, 5) is 13.3. The molecule has 0 saturated carbocycles. The van der Waals surface area contributed by atoms with Crippen LogP contribution in [0.2, 0.25) is 0 Å². The van der Waals surface area contributed by atoms with Crippen molar-refractivity contribution in [2.24, 2.45) is 0 Å². The van der Waals surface area contributed by atoms with Gasteiger partial charge in [-0.2, -0.15) is 0 Å². The van der Waals surface area contributed by atoms with Crippen LogP contribution >= 0.6 is 0 Å². The predicted molar refractivity (Wildman–Crippen MR) is 55.0 cm³/mol. The van der Waals surface area contributed by atoms with Crippen LogP contribution in [0, 0.1) is 0 Å². The lowest BCUT2D eigenvalue weighted by Crippen LogP contribution is -2.54. The first-order valence-electron chi connectivity index (χ1n) is 5.31. The molecule has 2 N–H and O–H groups in total. The van der Waals surface area contributed by atoms with Gasteiger partial charge in [-0.25, -0.2) is 0 Å². The van der Waals surface area contributed by atoms with Crippen LogP contribution in [-0.4, -0.2) is 47.7 Å². The average Bonchev–Trinajstić information content (AvgIpc) is 2.01. The number of rotatable bonds is 5. The molecule has 0 bridgehead atoms. The molecular formula is C10H20N2O2. The van der Waals surface area contributed by atoms with Crippen molar-refractivity contribution in [3.8, 4) is 0 Å². The number of hydrogen-bond acceptors (Lipinski definition) is 3. The van der Waals surface area contributed by atoms with Gasteiger partial charge in [0.25, 0.3) is 0 Å². The van der Waals surface area contributed by atoms with Crippen LogP contribution < -0.4 is 5.32 Å². The highest BCUT2D eigenvalue weighted by Gasteiger charge is 2.25. The molecular weight excluding hydrogens is 180 g/mol. The number of nitrogens with zero attached hydrogens (tertiary/aromatic N) is 1. The molecule has 4 heteroatoms. The van der Waals surface area contributed by atoms with Gasteiger partial charge in [-0.3, -0.25) is 9.69 Å². The summed E-state index contributed by atoms with van der Waals surface area (Å²) in [7, 11) is 0. The second kappa shape index (κ2) is 5.32. The van der Waals surface area contributed by atoms with Gasteiger partial charge in [-0.1, -0.05) is 13.3 Å². The van der Waals surface area contributed by atoms with E-state index in [9.17, 15) is 4.79 Å². The molecule has 14 heavy (non-hydrogen) atoms. The largest absolute Gasteiger partial charge is 0.390 e. The van der Waals surface area contributed by atoms with Crippen LogP contribution in [0.25, 0.3) is 0 Å². The number of carbonyl (C=O) groups excluding carboxylic acids is 1. The standard InChI is InChI=1S/C10H20N2O2/c1-3-4-8(2)11-10(14)7-12-5-9(13)6-12/h8-9,13H,3-7H2,1-2H3,(H,11,14). The van der Waals surface area contributed by atoms with Crippen molar-refractivity contribution in [3.63, 3.8) is 0 Å². The van der Waals surface area contributed by atoms with Crippen molar-refractivity contribution >= 4 is 5.91 Å². The summed E-state index contributed by atoms with van der Waals surface area (Å²) in [6, 6.07) is 0.263. The van der Waals surface area contributed by atoms with Crippen molar-refractivity contribution < 1.29 is 9.90 Å². The lowest BCUT2D eigenvalue weighted by atomic mass is 10.1. The van der Waals surface area contributed by atoms with Crippen LogP contribution in [0.5, 0.6) is 0 Å². The fourth-order valence-electron chi connectivity index (χ4n) is 1.70. The number of aliphatic hydroxyl groups excluding tert-OH is 1. The first-order chi connectivity index (χ1) is 6.61. The quantitative estimate of drug-likeness (QED) is 0.655. The van der Waals surface area contributed by atoms with Gasteiger partial charge < -0.3 is 10.4 Å². The Balaban J connectivity index is 2.09. The molecule has 0 aromatic heterocycles. The fraction of sp³-hybridized carbons (Fsp3) is 0.900. The van der Waals surface area contributed by atoms with Crippen molar-refractivity contribution in [2.75, 3.05) is 19.6 Å². The molecule has 4 nitrogen and oxygen atoms in total. The molecule has 1 unspecified atom stereocenters. The van der Waals surface area contributed by atoms with Crippen LogP contribution in [0.1, 0.15) is 26.7 Å². The molecule has 1 rings (SSSR count). The van der Waals surface area contributed by atoms with E-state index in [1.54, 1.807) is 0 Å². The summed E-state index contributed by atoms with van der Waals surface area (Å²) >= 11 is 0. The highest BCUT2D eigenvalue weighted by atomic mass is 16.3. The lowest BCUT2D eigenvalue weighted by molar-refractivity contribution is -0.125. The molecule has 0 aromatic rings. The summed E-state index contributed by atoms with van der Waals surface area (Å²) in [5.41, 5.74) is 0. The Morgan fingerprint density at radius 1 is 1.64 bits per heavy atom. The minimum atomic E-state index is -0.226. The number of amides is 1. The molecule has 1 aliphatic rings. The Hall–Kier alpha value is -0.610. The summed E-state index contributed by atoms with van der Waals surface area (Å²) in [5.74, 6) is 0.0675. The molecule has 0 aromatic carbocycles. The third-order valence-electron chi connectivity index (χ3n) is 2.43. The smallest absolute Gasteiger partial charge is 0.234 e. The van der Waals surface area contributed by atoms with E-state index in [4.69, 9.17) is 5.11 Å². The minimum Gasteiger partial charge on any atom is -0.390 e. The summed E-state index contributed by atoms with van der Waals surface area (Å²) in [6.07, 6.45) is 1.88. The molecule has 1 heterocycles. The monoisotopic (exact) mass is 200 g/mol. The third kappa shape index (κ3) is 3.64. The maximum Gasteiger partial charge on any atom is 0.234 e. The van der Waals surface area contributed by atoms with E-state index >= 15 is 0 Å². The predicted octanol–water partition coefficient (Wildman–Crippen LogP) is -0.0323. The molecule has 1 fully saturated rings. The Kier molecular flexibility index (Phi) is 4.35. The number of nitrogens with one attached hydrogen (secondary N) is 1. The van der Waals surface area contributed by atoms with E-state index in [0.717, 1.165) is 12.8 Å². The Morgan fingerprint density at radius 2 is 2.29 bits per heavy atom. The topological polar surface area (TPSA) is 52.6 Å². The first kappa shape index (κ1) is 11.5. The van der Waals surface area contributed by atoms with E-state index in [1.807, 2.05) is 11.8 Å². The van der Waals surface area contributed by atoms with E-state index in [1.165, 1.54) is 0 Å². The van der Waals surface area contributed by atoms with Gasteiger partial charge in [-0.05, 0) is 13.3 Å². The summed E-state index contributed by atoms with van der Waals surface area (Å²) in [5, 5.41) is 12.0. The zero-order valence-corrected chi connectivity index (χ0v) is 8.99. The van der Waals surface area contributed by atoms with Crippen LogP contribution in [-0.2, 0) is 4.79 Å². The van der Waals surface area contributed by atoms with Crippen molar-refractivity contribution in [2.45, 2.75) is 38.8 Å². The zero-order valence-electron chi connectivity index (χ0n) is 8.99. The molecule has 0 spiro atoms. The molecule has 0 radical (unpaired) electrons. The second-order valence-electron chi connectivity index (χ2n) is 4.11. The van der Waals surface area contributed by atoms with Crippen LogP contribution in [0.3, 0.4) is 0 Å². The van der Waals surface area contributed by atoms with Crippen molar-refractivity contribution in [1.82, 2.24) is 10.2 Å². The normalized spacial score (nSPS) is 20.2. The zero-order chi connectivity index (χ0) is 10.6. The molecule has 1 aliphatic heterocycles. The maximum absolute atomic E-state index is 11.4. The Bertz CT molecular complexity index is 182. The number of β-amino-alcohol motifs (C(OH)–C–C–N with tert-alkyl or cyclic N) is 1. The van der Waals surface area contributed by atoms with E-state index in [2.05, 4.69) is 12.2 Å². The average molecular weight is 200 g/mol. The first-order valence-corrected chi connectivity index (χ1v) is 5.31. The van der Waals surface area contributed by atoms with Gasteiger partial charge >= 0.3 is 0 Å². The summed E-state index contributed by atoms with van der Waals surface area (Å²) < 4.78 is 0. The Labute approximate surface area is 85.3 Å². The highest BCUT2D eigenvalue weighted by Crippen LogP contribution is 2.05. The van der Waals surface area contributed by atoms with E-state index < -0.39 is 0 Å². The van der Waals surface area contributed by atoms with E-state index in [-0.39, 0.29) is 18.1 Å². The minimum absolute atomic E-state index is 0.0675. The highest BCUT2D eigenvalue weighted by molar-refractivity contribution is 5.78. The molecule has 82 valence electrons. The number of carbonyl (C=O) groups is 1. The van der Waals surface area contributed by atoms with Gasteiger partial charge in [-0.15, -0.1) is 0 Å². The number of aliphatic hydroxyl groups is 1. The SMILES string of the molecule is CCCC(C)NC(=O)CN1CC(O)C1. The van der Waals surface area contributed by atoms with Crippen molar-refractivity contribution in [1.29, 1.82) is 0 Å². The second-order valence-corrected chi connectivity index (χ2v) is 4.11. The van der Waals surface area contributed by atoms with E-state index in [0.29, 0.717) is 19.6 Å². The number of likely N-dealkylation sites (tertiary alicyclic amines) is 1. The maximum atomic E-state index is 11.4. The van der Waals surface area contributed by atoms with Crippen LogP contribution in [0.4, 0.5) is 0 Å². The number of hydrogen-bond donors (Lipinski definition) is 2.